The molecule has 0 aliphatic rings. The Morgan fingerprint density at radius 2 is 2.16 bits per heavy atom. The number of aromatic nitrogens is 1. The molecule has 5 nitrogen and oxygen atoms in total. The first-order valence-electron chi connectivity index (χ1n) is 5.46. The van der Waals surface area contributed by atoms with Crippen molar-refractivity contribution in [2.24, 2.45) is 0 Å². The molecule has 0 unspecified atom stereocenters. The predicted octanol–water partition coefficient (Wildman–Crippen LogP) is 2.58. The molecule has 0 fully saturated rings. The number of carbonyl (C=O) groups is 1. The van der Waals surface area contributed by atoms with Crippen LogP contribution < -0.4 is 15.8 Å². The lowest BCUT2D eigenvalue weighted by atomic mass is 10.1. The third-order valence-electron chi connectivity index (χ3n) is 2.49. The fourth-order valence-electron chi connectivity index (χ4n) is 1.52. The number of halogens is 1. The summed E-state index contributed by atoms with van der Waals surface area (Å²) in [6, 6.07) is 8.12. The fourth-order valence-corrected chi connectivity index (χ4v) is 1.63. The minimum Gasteiger partial charge on any atom is -0.497 e. The monoisotopic (exact) mass is 277 g/mol. The van der Waals surface area contributed by atoms with Gasteiger partial charge in [-0.3, -0.25) is 4.79 Å². The van der Waals surface area contributed by atoms with Gasteiger partial charge in [0.2, 0.25) is 0 Å². The van der Waals surface area contributed by atoms with Crippen LogP contribution in [0.15, 0.2) is 36.5 Å². The summed E-state index contributed by atoms with van der Waals surface area (Å²) in [5.74, 6) is 0.284. The van der Waals surface area contributed by atoms with Crippen molar-refractivity contribution in [1.82, 2.24) is 4.98 Å². The molecule has 0 saturated carbocycles. The van der Waals surface area contributed by atoms with Gasteiger partial charge in [-0.2, -0.15) is 0 Å². The molecular formula is C13H12ClN3O2. The average Bonchev–Trinajstić information content (AvgIpc) is 2.41. The number of nitrogens with two attached hydrogens (primary N) is 1. The topological polar surface area (TPSA) is 77.2 Å². The molecule has 1 heterocycles. The van der Waals surface area contributed by atoms with E-state index in [0.29, 0.717) is 27.8 Å². The second kappa shape index (κ2) is 5.58. The molecule has 2 rings (SSSR count). The molecule has 3 N–H and O–H groups in total. The zero-order chi connectivity index (χ0) is 13.8. The van der Waals surface area contributed by atoms with E-state index in [9.17, 15) is 4.79 Å². The molecule has 0 atom stereocenters. The van der Waals surface area contributed by atoms with Crippen LogP contribution in [0.25, 0.3) is 0 Å². The summed E-state index contributed by atoms with van der Waals surface area (Å²) in [4.78, 5) is 15.9. The maximum absolute atomic E-state index is 12.0. The third-order valence-corrected chi connectivity index (χ3v) is 2.71. The molecule has 1 aromatic carbocycles. The Balaban J connectivity index is 2.18. The van der Waals surface area contributed by atoms with Crippen LogP contribution in [0.1, 0.15) is 10.4 Å². The number of ether oxygens (including phenoxy) is 1. The first-order chi connectivity index (χ1) is 9.10. The molecule has 0 radical (unpaired) electrons. The SMILES string of the molecule is COc1ccc(C(=O)Nc2ccc(Cl)nc2)c(N)c1. The number of hydrogen-bond acceptors (Lipinski definition) is 4. The Kier molecular flexibility index (Phi) is 3.87. The van der Waals surface area contributed by atoms with Gasteiger partial charge in [-0.15, -0.1) is 0 Å². The first-order valence-corrected chi connectivity index (χ1v) is 5.84. The zero-order valence-corrected chi connectivity index (χ0v) is 10.9. The van der Waals surface area contributed by atoms with Crippen molar-refractivity contribution < 1.29 is 9.53 Å². The number of carbonyl (C=O) groups excluding carboxylic acids is 1. The normalized spacial score (nSPS) is 10.0. The third kappa shape index (κ3) is 3.14. The number of benzene rings is 1. The standard InChI is InChI=1S/C13H12ClN3O2/c1-19-9-3-4-10(11(15)6-9)13(18)17-8-2-5-12(14)16-7-8/h2-7H,15H2,1H3,(H,17,18). The van der Waals surface area contributed by atoms with E-state index in [2.05, 4.69) is 10.3 Å². The van der Waals surface area contributed by atoms with E-state index >= 15 is 0 Å². The second-order valence-electron chi connectivity index (χ2n) is 3.78. The Morgan fingerprint density at radius 3 is 2.74 bits per heavy atom. The maximum Gasteiger partial charge on any atom is 0.257 e. The molecule has 1 amide bonds. The van der Waals surface area contributed by atoms with Crippen LogP contribution in [-0.2, 0) is 0 Å². The van der Waals surface area contributed by atoms with Crippen LogP contribution in [-0.4, -0.2) is 18.0 Å². The lowest BCUT2D eigenvalue weighted by Gasteiger charge is -2.08. The van der Waals surface area contributed by atoms with Crippen molar-refractivity contribution >= 4 is 28.9 Å². The lowest BCUT2D eigenvalue weighted by Crippen LogP contribution is -2.14. The van der Waals surface area contributed by atoms with Crippen molar-refractivity contribution in [2.45, 2.75) is 0 Å². The highest BCUT2D eigenvalue weighted by Gasteiger charge is 2.10. The highest BCUT2D eigenvalue weighted by Crippen LogP contribution is 2.21. The molecule has 19 heavy (non-hydrogen) atoms. The Labute approximate surface area is 115 Å². The van der Waals surface area contributed by atoms with Crippen molar-refractivity contribution in [3.8, 4) is 5.75 Å². The average molecular weight is 278 g/mol. The molecule has 1 aromatic heterocycles. The van der Waals surface area contributed by atoms with Crippen LogP contribution >= 0.6 is 11.6 Å². The van der Waals surface area contributed by atoms with E-state index < -0.39 is 0 Å². The maximum atomic E-state index is 12.0. The van der Waals surface area contributed by atoms with Gasteiger partial charge in [0.15, 0.2) is 0 Å². The number of amides is 1. The van der Waals surface area contributed by atoms with Crippen molar-refractivity contribution in [3.63, 3.8) is 0 Å². The fraction of sp³-hybridized carbons (Fsp3) is 0.0769. The van der Waals surface area contributed by atoms with Gasteiger partial charge < -0.3 is 15.8 Å². The number of anilines is 2. The molecule has 98 valence electrons. The Morgan fingerprint density at radius 1 is 1.37 bits per heavy atom. The summed E-state index contributed by atoms with van der Waals surface area (Å²) in [5.41, 5.74) is 7.06. The van der Waals surface area contributed by atoms with E-state index in [-0.39, 0.29) is 5.91 Å². The largest absolute Gasteiger partial charge is 0.497 e. The van der Waals surface area contributed by atoms with Crippen LogP contribution in [0, 0.1) is 0 Å². The molecule has 0 aliphatic carbocycles. The van der Waals surface area contributed by atoms with Gasteiger partial charge in [-0.25, -0.2) is 4.98 Å². The summed E-state index contributed by atoms with van der Waals surface area (Å²) < 4.78 is 5.02. The molecule has 0 spiro atoms. The quantitative estimate of drug-likeness (QED) is 0.668. The number of methoxy groups -OCH3 is 1. The van der Waals surface area contributed by atoms with Crippen LogP contribution in [0.3, 0.4) is 0 Å². The van der Waals surface area contributed by atoms with E-state index in [4.69, 9.17) is 22.1 Å². The summed E-state index contributed by atoms with van der Waals surface area (Å²) in [6.45, 7) is 0. The van der Waals surface area contributed by atoms with E-state index in [1.165, 1.54) is 13.3 Å². The Bertz CT molecular complexity index is 599. The van der Waals surface area contributed by atoms with E-state index in [0.717, 1.165) is 0 Å². The number of nitrogens with zero attached hydrogens (tertiary/aromatic N) is 1. The van der Waals surface area contributed by atoms with Gasteiger partial charge in [0, 0.05) is 11.8 Å². The molecule has 0 aliphatic heterocycles. The Hall–Kier alpha value is -2.27. The minimum atomic E-state index is -0.315. The predicted molar refractivity (Wildman–Crippen MR) is 74.6 cm³/mol. The number of nitrogen functional groups attached to an aromatic ring is 1. The number of rotatable bonds is 3. The van der Waals surface area contributed by atoms with Gasteiger partial charge in [-0.05, 0) is 24.3 Å². The highest BCUT2D eigenvalue weighted by molar-refractivity contribution is 6.29. The molecule has 6 heteroatoms. The first kappa shape index (κ1) is 13.2. The van der Waals surface area contributed by atoms with Crippen molar-refractivity contribution in [3.05, 3.63) is 47.2 Å². The van der Waals surface area contributed by atoms with Crippen LogP contribution in [0.5, 0.6) is 5.75 Å². The van der Waals surface area contributed by atoms with Gasteiger partial charge in [0.1, 0.15) is 10.9 Å². The molecule has 2 aromatic rings. The van der Waals surface area contributed by atoms with Gasteiger partial charge in [-0.1, -0.05) is 11.6 Å². The second-order valence-corrected chi connectivity index (χ2v) is 4.16. The van der Waals surface area contributed by atoms with Crippen molar-refractivity contribution in [1.29, 1.82) is 0 Å². The molecular weight excluding hydrogens is 266 g/mol. The summed E-state index contributed by atoms with van der Waals surface area (Å²) >= 11 is 5.67. The van der Waals surface area contributed by atoms with Crippen LogP contribution in [0.2, 0.25) is 5.15 Å². The van der Waals surface area contributed by atoms with Gasteiger partial charge >= 0.3 is 0 Å². The summed E-state index contributed by atoms with van der Waals surface area (Å²) in [5, 5.41) is 3.05. The highest BCUT2D eigenvalue weighted by atomic mass is 35.5. The van der Waals surface area contributed by atoms with Crippen molar-refractivity contribution in [2.75, 3.05) is 18.2 Å². The summed E-state index contributed by atoms with van der Waals surface area (Å²) in [7, 11) is 1.54. The molecule has 0 bridgehead atoms. The smallest absolute Gasteiger partial charge is 0.257 e. The number of pyridine rings is 1. The van der Waals surface area contributed by atoms with E-state index in [1.807, 2.05) is 0 Å². The summed E-state index contributed by atoms with van der Waals surface area (Å²) in [6.07, 6.45) is 1.47. The van der Waals surface area contributed by atoms with Crippen LogP contribution in [0.4, 0.5) is 11.4 Å². The molecule has 0 saturated heterocycles. The number of hydrogen-bond donors (Lipinski definition) is 2. The zero-order valence-electron chi connectivity index (χ0n) is 10.2. The van der Waals surface area contributed by atoms with E-state index in [1.54, 1.807) is 30.3 Å². The lowest BCUT2D eigenvalue weighted by molar-refractivity contribution is 0.102. The number of nitrogens with one attached hydrogen (secondary N) is 1. The minimum absolute atomic E-state index is 0.315. The van der Waals surface area contributed by atoms with Gasteiger partial charge in [0.25, 0.3) is 5.91 Å². The van der Waals surface area contributed by atoms with Gasteiger partial charge in [0.05, 0.1) is 24.6 Å².